The van der Waals surface area contributed by atoms with Crippen LogP contribution in [0.3, 0.4) is 0 Å². The highest BCUT2D eigenvalue weighted by molar-refractivity contribution is 5.44. The number of hydrogen-bond acceptors (Lipinski definition) is 4. The first-order valence-electron chi connectivity index (χ1n) is 9.49. The molecule has 2 aromatic carbocycles. The van der Waals surface area contributed by atoms with Gasteiger partial charge in [0.1, 0.15) is 24.7 Å². The van der Waals surface area contributed by atoms with Gasteiger partial charge >= 0.3 is 0 Å². The van der Waals surface area contributed by atoms with Crippen molar-refractivity contribution in [1.82, 2.24) is 0 Å². The van der Waals surface area contributed by atoms with E-state index in [0.29, 0.717) is 13.2 Å². The van der Waals surface area contributed by atoms with E-state index >= 15 is 0 Å². The minimum atomic E-state index is 0.0623. The molecule has 0 saturated heterocycles. The summed E-state index contributed by atoms with van der Waals surface area (Å²) < 4.78 is 10.9. The predicted octanol–water partition coefficient (Wildman–Crippen LogP) is 4.22. The maximum absolute atomic E-state index is 8.69. The first-order chi connectivity index (χ1) is 12.8. The lowest BCUT2D eigenvalue weighted by Gasteiger charge is -2.12. The van der Waals surface area contributed by atoms with Crippen LogP contribution in [0.25, 0.3) is 0 Å². The summed E-state index contributed by atoms with van der Waals surface area (Å²) in [5, 5.41) is 17.3. The van der Waals surface area contributed by atoms with E-state index in [1.165, 1.54) is 11.1 Å². The van der Waals surface area contributed by atoms with E-state index in [9.17, 15) is 0 Å². The lowest BCUT2D eigenvalue weighted by atomic mass is 10.0. The summed E-state index contributed by atoms with van der Waals surface area (Å²) in [6, 6.07) is 8.44. The summed E-state index contributed by atoms with van der Waals surface area (Å²) in [6.07, 6.45) is 1.04. The van der Waals surface area contributed by atoms with Crippen molar-refractivity contribution in [2.75, 3.05) is 26.4 Å². The predicted molar refractivity (Wildman–Crippen MR) is 111 cm³/mol. The SMILES string of the molecule is CCc1cc(C)c(OCCO)c(C)c1.Cc1cc(C)c(OCCO)c(C)c1. The molecule has 0 aliphatic heterocycles. The zero-order valence-electron chi connectivity index (χ0n) is 17.6. The topological polar surface area (TPSA) is 58.9 Å². The second kappa shape index (κ2) is 11.6. The van der Waals surface area contributed by atoms with Crippen molar-refractivity contribution >= 4 is 0 Å². The summed E-state index contributed by atoms with van der Waals surface area (Å²) in [7, 11) is 0. The number of benzene rings is 2. The Morgan fingerprint density at radius 1 is 0.667 bits per heavy atom. The molecule has 0 aromatic heterocycles. The molecule has 0 amide bonds. The fourth-order valence-corrected chi connectivity index (χ4v) is 3.16. The Morgan fingerprint density at radius 3 is 1.37 bits per heavy atom. The van der Waals surface area contributed by atoms with E-state index < -0.39 is 0 Å². The van der Waals surface area contributed by atoms with Crippen LogP contribution >= 0.6 is 0 Å². The van der Waals surface area contributed by atoms with Crippen LogP contribution in [0.5, 0.6) is 11.5 Å². The van der Waals surface area contributed by atoms with Gasteiger partial charge in [-0.2, -0.15) is 0 Å². The Kier molecular flexibility index (Phi) is 9.90. The molecule has 0 atom stereocenters. The fraction of sp³-hybridized carbons (Fsp3) is 0.478. The lowest BCUT2D eigenvalue weighted by Crippen LogP contribution is -2.04. The maximum atomic E-state index is 8.69. The van der Waals surface area contributed by atoms with E-state index in [0.717, 1.165) is 40.2 Å². The standard InChI is InChI=1S/C12H18O2.C11H16O2/c1-4-11-7-9(2)12(10(3)8-11)14-6-5-13;1-8-6-9(2)11(10(3)7-8)13-5-4-12/h7-8,13H,4-6H2,1-3H3;6-7,12H,4-5H2,1-3H3. The average molecular weight is 375 g/mol. The van der Waals surface area contributed by atoms with Crippen LogP contribution in [0, 0.1) is 34.6 Å². The van der Waals surface area contributed by atoms with Gasteiger partial charge in [-0.3, -0.25) is 0 Å². The molecule has 2 aromatic rings. The average Bonchev–Trinajstić information content (AvgIpc) is 2.60. The van der Waals surface area contributed by atoms with Crippen LogP contribution in [0.4, 0.5) is 0 Å². The van der Waals surface area contributed by atoms with Crippen molar-refractivity contribution in [3.05, 3.63) is 57.6 Å². The van der Waals surface area contributed by atoms with Crippen molar-refractivity contribution in [2.24, 2.45) is 0 Å². The van der Waals surface area contributed by atoms with Gasteiger partial charge in [0, 0.05) is 0 Å². The molecule has 0 fully saturated rings. The molecule has 27 heavy (non-hydrogen) atoms. The molecule has 0 saturated carbocycles. The number of aliphatic hydroxyl groups is 2. The molecule has 0 radical (unpaired) electrons. The summed E-state index contributed by atoms with van der Waals surface area (Å²) >= 11 is 0. The summed E-state index contributed by atoms with van der Waals surface area (Å²) in [5.74, 6) is 1.82. The monoisotopic (exact) mass is 374 g/mol. The Bertz CT molecular complexity index is 676. The smallest absolute Gasteiger partial charge is 0.125 e. The third-order valence-corrected chi connectivity index (χ3v) is 4.21. The maximum Gasteiger partial charge on any atom is 0.125 e. The Morgan fingerprint density at radius 2 is 1.04 bits per heavy atom. The van der Waals surface area contributed by atoms with Crippen molar-refractivity contribution in [3.63, 3.8) is 0 Å². The van der Waals surface area contributed by atoms with Crippen LogP contribution in [0.2, 0.25) is 0 Å². The van der Waals surface area contributed by atoms with Gasteiger partial charge in [0.05, 0.1) is 13.2 Å². The van der Waals surface area contributed by atoms with Crippen LogP contribution in [-0.4, -0.2) is 36.6 Å². The molecular formula is C23H34O4. The molecular weight excluding hydrogens is 340 g/mol. The molecule has 0 spiro atoms. The number of ether oxygens (including phenoxy) is 2. The zero-order valence-corrected chi connectivity index (χ0v) is 17.6. The summed E-state index contributed by atoms with van der Waals surface area (Å²) in [5.41, 5.74) is 7.13. The fourth-order valence-electron chi connectivity index (χ4n) is 3.16. The largest absolute Gasteiger partial charge is 0.491 e. The van der Waals surface area contributed by atoms with Crippen LogP contribution in [0.15, 0.2) is 24.3 Å². The summed E-state index contributed by atoms with van der Waals surface area (Å²) in [4.78, 5) is 0. The second-order valence-electron chi connectivity index (χ2n) is 6.78. The van der Waals surface area contributed by atoms with E-state index in [-0.39, 0.29) is 13.2 Å². The van der Waals surface area contributed by atoms with Gasteiger partial charge in [0.25, 0.3) is 0 Å². The molecule has 0 bridgehead atoms. The minimum absolute atomic E-state index is 0.0623. The number of aliphatic hydroxyl groups excluding tert-OH is 2. The molecule has 0 unspecified atom stereocenters. The third kappa shape index (κ3) is 7.24. The van der Waals surface area contributed by atoms with E-state index in [2.05, 4.69) is 38.1 Å². The quantitative estimate of drug-likeness (QED) is 0.762. The highest BCUT2D eigenvalue weighted by Crippen LogP contribution is 2.25. The molecule has 2 rings (SSSR count). The Balaban J connectivity index is 0.000000271. The molecule has 150 valence electrons. The summed E-state index contributed by atoms with van der Waals surface area (Å²) in [6.45, 7) is 13.2. The van der Waals surface area contributed by atoms with Crippen LogP contribution in [-0.2, 0) is 6.42 Å². The Hall–Kier alpha value is -2.04. The Labute approximate surface area is 163 Å². The lowest BCUT2D eigenvalue weighted by molar-refractivity contribution is 0.200. The number of aryl methyl sites for hydroxylation is 6. The van der Waals surface area contributed by atoms with Gasteiger partial charge in [0.15, 0.2) is 0 Å². The van der Waals surface area contributed by atoms with Gasteiger partial charge in [0.2, 0.25) is 0 Å². The minimum Gasteiger partial charge on any atom is -0.491 e. The van der Waals surface area contributed by atoms with Gasteiger partial charge < -0.3 is 19.7 Å². The number of rotatable bonds is 7. The van der Waals surface area contributed by atoms with Crippen molar-refractivity contribution in [3.8, 4) is 11.5 Å². The van der Waals surface area contributed by atoms with E-state index in [1.54, 1.807) is 0 Å². The molecule has 4 heteroatoms. The zero-order chi connectivity index (χ0) is 20.4. The van der Waals surface area contributed by atoms with E-state index in [4.69, 9.17) is 19.7 Å². The molecule has 0 aliphatic carbocycles. The van der Waals surface area contributed by atoms with Gasteiger partial charge in [-0.05, 0) is 68.9 Å². The molecule has 0 heterocycles. The highest BCUT2D eigenvalue weighted by atomic mass is 16.5. The van der Waals surface area contributed by atoms with E-state index in [1.807, 2.05) is 27.7 Å². The first kappa shape index (κ1) is 23.0. The van der Waals surface area contributed by atoms with Crippen LogP contribution < -0.4 is 9.47 Å². The van der Waals surface area contributed by atoms with Crippen molar-refractivity contribution in [1.29, 1.82) is 0 Å². The molecule has 4 nitrogen and oxygen atoms in total. The first-order valence-corrected chi connectivity index (χ1v) is 9.49. The van der Waals surface area contributed by atoms with Gasteiger partial charge in [-0.1, -0.05) is 36.8 Å². The molecule has 0 aliphatic rings. The third-order valence-electron chi connectivity index (χ3n) is 4.21. The van der Waals surface area contributed by atoms with Gasteiger partial charge in [-0.15, -0.1) is 0 Å². The second-order valence-corrected chi connectivity index (χ2v) is 6.78. The normalized spacial score (nSPS) is 10.2. The highest BCUT2D eigenvalue weighted by Gasteiger charge is 2.05. The van der Waals surface area contributed by atoms with Gasteiger partial charge in [-0.25, -0.2) is 0 Å². The molecule has 2 N–H and O–H groups in total. The van der Waals surface area contributed by atoms with Crippen molar-refractivity contribution in [2.45, 2.75) is 48.0 Å². The number of hydrogen-bond donors (Lipinski definition) is 2. The van der Waals surface area contributed by atoms with Crippen molar-refractivity contribution < 1.29 is 19.7 Å². The van der Waals surface area contributed by atoms with Crippen LogP contribution in [0.1, 0.15) is 40.3 Å².